The quantitative estimate of drug-likeness (QED) is 0.745. The topological polar surface area (TPSA) is 60.4 Å². The van der Waals surface area contributed by atoms with Crippen molar-refractivity contribution in [1.82, 2.24) is 0 Å². The second kappa shape index (κ2) is 4.65. The summed E-state index contributed by atoms with van der Waals surface area (Å²) < 4.78 is 27.5. The van der Waals surface area contributed by atoms with Gasteiger partial charge in [0.25, 0.3) is 0 Å². The average Bonchev–Trinajstić information content (AvgIpc) is 2.15. The normalized spacial score (nSPS) is 11.2. The third kappa shape index (κ3) is 3.06. The number of aryl methyl sites for hydroxylation is 1. The lowest BCUT2D eigenvalue weighted by molar-refractivity contribution is -0.139. The molecule has 0 aromatic heterocycles. The van der Waals surface area contributed by atoms with Crippen LogP contribution < -0.4 is 0 Å². The SMILES string of the molecule is COC(=O)Cc1cc(C)ccc1S(C)(=O)=O. The molecule has 0 aliphatic rings. The number of hydrogen-bond acceptors (Lipinski definition) is 4. The molecule has 1 rings (SSSR count). The van der Waals surface area contributed by atoms with Gasteiger partial charge in [0.1, 0.15) is 0 Å². The van der Waals surface area contributed by atoms with E-state index in [4.69, 9.17) is 0 Å². The predicted molar refractivity (Wildman–Crippen MR) is 60.0 cm³/mol. The summed E-state index contributed by atoms with van der Waals surface area (Å²) in [6.45, 7) is 1.84. The number of carbonyl (C=O) groups is 1. The summed E-state index contributed by atoms with van der Waals surface area (Å²) in [5, 5.41) is 0. The molecule has 0 heterocycles. The molecule has 0 saturated carbocycles. The van der Waals surface area contributed by atoms with Crippen molar-refractivity contribution in [1.29, 1.82) is 0 Å². The lowest BCUT2D eigenvalue weighted by atomic mass is 10.1. The van der Waals surface area contributed by atoms with Crippen molar-refractivity contribution in [2.24, 2.45) is 0 Å². The molecular weight excluding hydrogens is 228 g/mol. The van der Waals surface area contributed by atoms with Crippen LogP contribution in [-0.4, -0.2) is 27.8 Å². The highest BCUT2D eigenvalue weighted by molar-refractivity contribution is 7.90. The fraction of sp³-hybridized carbons (Fsp3) is 0.364. The Morgan fingerprint density at radius 3 is 2.50 bits per heavy atom. The van der Waals surface area contributed by atoms with Gasteiger partial charge in [0.2, 0.25) is 0 Å². The molecule has 1 aromatic carbocycles. The predicted octanol–water partition coefficient (Wildman–Crippen LogP) is 1.11. The number of sulfone groups is 1. The Kier molecular flexibility index (Phi) is 3.70. The molecule has 0 aliphatic carbocycles. The Labute approximate surface area is 95.2 Å². The van der Waals surface area contributed by atoms with Crippen molar-refractivity contribution in [2.75, 3.05) is 13.4 Å². The zero-order valence-electron chi connectivity index (χ0n) is 9.48. The van der Waals surface area contributed by atoms with E-state index in [1.807, 2.05) is 6.92 Å². The summed E-state index contributed by atoms with van der Waals surface area (Å²) in [5.41, 5.74) is 1.39. The zero-order chi connectivity index (χ0) is 12.3. The van der Waals surface area contributed by atoms with Crippen molar-refractivity contribution in [3.05, 3.63) is 29.3 Å². The monoisotopic (exact) mass is 242 g/mol. The number of methoxy groups -OCH3 is 1. The van der Waals surface area contributed by atoms with Crippen LogP contribution in [0.1, 0.15) is 11.1 Å². The zero-order valence-corrected chi connectivity index (χ0v) is 10.3. The van der Waals surface area contributed by atoms with Gasteiger partial charge in [-0.1, -0.05) is 17.7 Å². The molecule has 0 amide bonds. The summed E-state index contributed by atoms with van der Waals surface area (Å²) in [5.74, 6) is -0.449. The van der Waals surface area contributed by atoms with Crippen LogP contribution in [0, 0.1) is 6.92 Å². The Balaban J connectivity index is 3.24. The molecule has 0 spiro atoms. The summed E-state index contributed by atoms with van der Waals surface area (Å²) >= 11 is 0. The van der Waals surface area contributed by atoms with Gasteiger partial charge in [0.05, 0.1) is 18.4 Å². The number of carbonyl (C=O) groups excluding carboxylic acids is 1. The van der Waals surface area contributed by atoms with Gasteiger partial charge in [-0.3, -0.25) is 4.79 Å². The Morgan fingerprint density at radius 2 is 2.00 bits per heavy atom. The molecule has 1 aromatic rings. The van der Waals surface area contributed by atoms with Crippen LogP contribution in [0.4, 0.5) is 0 Å². The molecule has 0 N–H and O–H groups in total. The van der Waals surface area contributed by atoms with Crippen LogP contribution in [0.3, 0.4) is 0 Å². The Bertz CT molecular complexity index is 503. The van der Waals surface area contributed by atoms with Gasteiger partial charge in [-0.15, -0.1) is 0 Å². The molecule has 16 heavy (non-hydrogen) atoms. The van der Waals surface area contributed by atoms with Gasteiger partial charge >= 0.3 is 5.97 Å². The fourth-order valence-electron chi connectivity index (χ4n) is 1.44. The van der Waals surface area contributed by atoms with E-state index in [1.54, 1.807) is 12.1 Å². The second-order valence-corrected chi connectivity index (χ2v) is 5.62. The van der Waals surface area contributed by atoms with Gasteiger partial charge in [-0.25, -0.2) is 8.42 Å². The Hall–Kier alpha value is -1.36. The van der Waals surface area contributed by atoms with Crippen molar-refractivity contribution >= 4 is 15.8 Å². The van der Waals surface area contributed by atoms with E-state index in [0.717, 1.165) is 11.8 Å². The lowest BCUT2D eigenvalue weighted by Crippen LogP contribution is -2.09. The molecule has 4 nitrogen and oxygen atoms in total. The Morgan fingerprint density at radius 1 is 1.38 bits per heavy atom. The van der Waals surface area contributed by atoms with Crippen LogP contribution in [-0.2, 0) is 25.8 Å². The fourth-order valence-corrected chi connectivity index (χ4v) is 2.36. The second-order valence-electron chi connectivity index (χ2n) is 3.64. The van der Waals surface area contributed by atoms with E-state index in [1.165, 1.54) is 13.2 Å². The maximum Gasteiger partial charge on any atom is 0.310 e. The average molecular weight is 242 g/mol. The number of rotatable bonds is 3. The van der Waals surface area contributed by atoms with Crippen LogP contribution in [0.25, 0.3) is 0 Å². The van der Waals surface area contributed by atoms with E-state index in [-0.39, 0.29) is 11.3 Å². The van der Waals surface area contributed by atoms with Crippen LogP contribution in [0.2, 0.25) is 0 Å². The summed E-state index contributed by atoms with van der Waals surface area (Å²) in [6, 6.07) is 4.91. The van der Waals surface area contributed by atoms with E-state index >= 15 is 0 Å². The highest BCUT2D eigenvalue weighted by Gasteiger charge is 2.15. The largest absolute Gasteiger partial charge is 0.469 e. The number of hydrogen-bond donors (Lipinski definition) is 0. The van der Waals surface area contributed by atoms with Gasteiger partial charge < -0.3 is 4.74 Å². The van der Waals surface area contributed by atoms with Gasteiger partial charge in [-0.05, 0) is 18.6 Å². The molecule has 0 fully saturated rings. The maximum absolute atomic E-state index is 11.5. The minimum Gasteiger partial charge on any atom is -0.469 e. The first-order chi connectivity index (χ1) is 7.34. The molecule has 5 heteroatoms. The van der Waals surface area contributed by atoms with Crippen molar-refractivity contribution in [3.8, 4) is 0 Å². The smallest absolute Gasteiger partial charge is 0.310 e. The molecule has 0 saturated heterocycles. The number of esters is 1. The van der Waals surface area contributed by atoms with Crippen molar-refractivity contribution in [3.63, 3.8) is 0 Å². The van der Waals surface area contributed by atoms with Crippen molar-refractivity contribution < 1.29 is 17.9 Å². The summed E-state index contributed by atoms with van der Waals surface area (Å²) in [6.07, 6.45) is 1.10. The third-order valence-electron chi connectivity index (χ3n) is 2.18. The standard InChI is InChI=1S/C11H14O4S/c1-8-4-5-10(16(3,13)14)9(6-8)7-11(12)15-2/h4-6H,7H2,1-3H3. The first kappa shape index (κ1) is 12.7. The summed E-state index contributed by atoms with van der Waals surface area (Å²) in [7, 11) is -2.04. The summed E-state index contributed by atoms with van der Waals surface area (Å²) in [4.78, 5) is 11.3. The van der Waals surface area contributed by atoms with Crippen LogP contribution >= 0.6 is 0 Å². The number of benzene rings is 1. The highest BCUT2D eigenvalue weighted by Crippen LogP contribution is 2.18. The molecule has 0 aliphatic heterocycles. The van der Waals surface area contributed by atoms with Gasteiger partial charge in [0.15, 0.2) is 9.84 Å². The maximum atomic E-state index is 11.5. The highest BCUT2D eigenvalue weighted by atomic mass is 32.2. The lowest BCUT2D eigenvalue weighted by Gasteiger charge is -2.07. The molecule has 0 atom stereocenters. The van der Waals surface area contributed by atoms with Crippen LogP contribution in [0.15, 0.2) is 23.1 Å². The van der Waals surface area contributed by atoms with Crippen molar-refractivity contribution in [2.45, 2.75) is 18.2 Å². The third-order valence-corrected chi connectivity index (χ3v) is 3.38. The molecule has 0 radical (unpaired) electrons. The van der Waals surface area contributed by atoms with E-state index in [0.29, 0.717) is 5.56 Å². The van der Waals surface area contributed by atoms with Gasteiger partial charge in [0, 0.05) is 6.26 Å². The van der Waals surface area contributed by atoms with E-state index < -0.39 is 15.8 Å². The molecule has 0 unspecified atom stereocenters. The minimum atomic E-state index is -3.31. The molecule has 88 valence electrons. The molecule has 0 bridgehead atoms. The molecular formula is C11H14O4S. The minimum absolute atomic E-state index is 0.0272. The van der Waals surface area contributed by atoms with E-state index in [9.17, 15) is 13.2 Å². The van der Waals surface area contributed by atoms with Gasteiger partial charge in [-0.2, -0.15) is 0 Å². The first-order valence-electron chi connectivity index (χ1n) is 4.71. The van der Waals surface area contributed by atoms with Crippen LogP contribution in [0.5, 0.6) is 0 Å². The number of ether oxygens (including phenoxy) is 1. The first-order valence-corrected chi connectivity index (χ1v) is 6.60. The van der Waals surface area contributed by atoms with E-state index in [2.05, 4.69) is 4.74 Å².